The molecule has 0 unspecified atom stereocenters. The van der Waals surface area contributed by atoms with Gasteiger partial charge in [-0.15, -0.1) is 0 Å². The smallest absolute Gasteiger partial charge is 0.137 e. The van der Waals surface area contributed by atoms with Crippen LogP contribution < -0.4 is 4.74 Å². The zero-order valence-corrected chi connectivity index (χ0v) is 17.0. The topological polar surface area (TPSA) is 73.2 Å². The van der Waals surface area contributed by atoms with Crippen molar-refractivity contribution < 1.29 is 20.1 Å². The van der Waals surface area contributed by atoms with Gasteiger partial charge in [0.1, 0.15) is 18.0 Å². The second-order valence-electron chi connectivity index (χ2n) is 8.90. The molecule has 0 radical (unpaired) electrons. The summed E-state index contributed by atoms with van der Waals surface area (Å²) in [5.74, 6) is 0.760. The van der Waals surface area contributed by atoms with Gasteiger partial charge in [0.25, 0.3) is 0 Å². The molecule has 152 valence electrons. The Morgan fingerprint density at radius 1 is 1.11 bits per heavy atom. The van der Waals surface area contributed by atoms with Gasteiger partial charge in [0, 0.05) is 19.6 Å². The van der Waals surface area contributed by atoms with Crippen molar-refractivity contribution in [1.82, 2.24) is 4.90 Å². The Labute approximate surface area is 163 Å². The van der Waals surface area contributed by atoms with E-state index in [-0.39, 0.29) is 6.61 Å². The number of hydrogen-bond acceptors (Lipinski definition) is 5. The van der Waals surface area contributed by atoms with Gasteiger partial charge in [0.15, 0.2) is 0 Å². The van der Waals surface area contributed by atoms with Crippen LogP contribution in [-0.4, -0.2) is 63.8 Å². The molecular weight excluding hydrogens is 342 g/mol. The number of aliphatic hydroxyl groups is 3. The van der Waals surface area contributed by atoms with Crippen LogP contribution in [0, 0.1) is 20.8 Å². The summed E-state index contributed by atoms with van der Waals surface area (Å²) < 4.78 is 5.98. The van der Waals surface area contributed by atoms with E-state index in [4.69, 9.17) is 4.74 Å². The van der Waals surface area contributed by atoms with Crippen LogP contribution in [-0.2, 0) is 0 Å². The molecular formula is C22H35NO4. The standard InChI is InChI=1S/C22H35NO4/c1-16-11-17(2)18(3)19(12-16)27-15-22(26)14-23(10-7-20(22)24)13-21(25)8-5-4-6-9-21/h11-12,20,24-26H,4-10,13-15H2,1-3H3/t20-,22-/m0/s1. The predicted octanol–water partition coefficient (Wildman–Crippen LogP) is 2.48. The van der Waals surface area contributed by atoms with Crippen LogP contribution in [0.25, 0.3) is 0 Å². The number of aryl methyl sites for hydroxylation is 2. The van der Waals surface area contributed by atoms with E-state index in [0.29, 0.717) is 26.1 Å². The second kappa shape index (κ2) is 8.08. The molecule has 2 atom stereocenters. The molecule has 0 aromatic heterocycles. The van der Waals surface area contributed by atoms with Gasteiger partial charge in [0.05, 0.1) is 11.7 Å². The third-order valence-electron chi connectivity index (χ3n) is 6.38. The van der Waals surface area contributed by atoms with Crippen molar-refractivity contribution in [2.45, 2.75) is 76.6 Å². The summed E-state index contributed by atoms with van der Waals surface area (Å²) in [6.45, 7) is 7.70. The highest BCUT2D eigenvalue weighted by molar-refractivity contribution is 5.42. The van der Waals surface area contributed by atoms with E-state index < -0.39 is 17.3 Å². The molecule has 0 spiro atoms. The van der Waals surface area contributed by atoms with Crippen LogP contribution >= 0.6 is 0 Å². The summed E-state index contributed by atoms with van der Waals surface area (Å²) in [5, 5.41) is 32.4. The first-order valence-corrected chi connectivity index (χ1v) is 10.3. The zero-order chi connectivity index (χ0) is 19.7. The van der Waals surface area contributed by atoms with Crippen molar-refractivity contribution in [2.75, 3.05) is 26.2 Å². The molecule has 1 saturated heterocycles. The Bertz CT molecular complexity index is 656. The predicted molar refractivity (Wildman–Crippen MR) is 106 cm³/mol. The third kappa shape index (κ3) is 4.83. The number of benzene rings is 1. The average molecular weight is 378 g/mol. The minimum absolute atomic E-state index is 0.0484. The molecule has 1 aromatic rings. The number of aliphatic hydroxyl groups excluding tert-OH is 1. The lowest BCUT2D eigenvalue weighted by Gasteiger charge is -2.45. The van der Waals surface area contributed by atoms with Gasteiger partial charge in [-0.25, -0.2) is 0 Å². The van der Waals surface area contributed by atoms with Crippen LogP contribution in [0.3, 0.4) is 0 Å². The number of β-amino-alcohol motifs (C(OH)–C–C–N with tert-alkyl or cyclic N) is 2. The van der Waals surface area contributed by atoms with Crippen molar-refractivity contribution in [1.29, 1.82) is 0 Å². The first-order chi connectivity index (χ1) is 12.7. The number of nitrogens with zero attached hydrogens (tertiary/aromatic N) is 1. The lowest BCUT2D eigenvalue weighted by atomic mass is 9.83. The van der Waals surface area contributed by atoms with Crippen LogP contribution in [0.15, 0.2) is 12.1 Å². The highest BCUT2D eigenvalue weighted by Gasteiger charge is 2.44. The molecule has 0 bridgehead atoms. The highest BCUT2D eigenvalue weighted by atomic mass is 16.5. The largest absolute Gasteiger partial charge is 0.490 e. The normalized spacial score (nSPS) is 28.9. The lowest BCUT2D eigenvalue weighted by Crippen LogP contribution is -2.62. The molecule has 1 heterocycles. The molecule has 27 heavy (non-hydrogen) atoms. The van der Waals surface area contributed by atoms with Gasteiger partial charge in [-0.05, 0) is 62.8 Å². The van der Waals surface area contributed by atoms with Crippen molar-refractivity contribution >= 4 is 0 Å². The zero-order valence-electron chi connectivity index (χ0n) is 17.0. The molecule has 1 aliphatic carbocycles. The molecule has 1 saturated carbocycles. The summed E-state index contributed by atoms with van der Waals surface area (Å²) in [4.78, 5) is 2.09. The Hall–Kier alpha value is -1.14. The SMILES string of the molecule is Cc1cc(C)c(C)c(OC[C@@]2(O)CN(CC3(O)CCCCC3)CC[C@@H]2O)c1. The van der Waals surface area contributed by atoms with E-state index in [1.165, 1.54) is 6.42 Å². The quantitative estimate of drug-likeness (QED) is 0.735. The Morgan fingerprint density at radius 3 is 2.52 bits per heavy atom. The summed E-state index contributed by atoms with van der Waals surface area (Å²) in [7, 11) is 0. The number of rotatable bonds is 5. The maximum Gasteiger partial charge on any atom is 0.137 e. The number of ether oxygens (including phenoxy) is 1. The molecule has 1 aromatic carbocycles. The lowest BCUT2D eigenvalue weighted by molar-refractivity contribution is -0.149. The molecule has 2 aliphatic rings. The van der Waals surface area contributed by atoms with E-state index in [1.807, 2.05) is 26.8 Å². The van der Waals surface area contributed by atoms with Crippen molar-refractivity contribution in [3.05, 3.63) is 28.8 Å². The Morgan fingerprint density at radius 2 is 1.81 bits per heavy atom. The van der Waals surface area contributed by atoms with Crippen LogP contribution in [0.4, 0.5) is 0 Å². The number of likely N-dealkylation sites (tertiary alicyclic amines) is 1. The van der Waals surface area contributed by atoms with Gasteiger partial charge >= 0.3 is 0 Å². The Kier molecular flexibility index (Phi) is 6.16. The van der Waals surface area contributed by atoms with E-state index in [0.717, 1.165) is 48.1 Å². The average Bonchev–Trinajstić information content (AvgIpc) is 2.60. The second-order valence-corrected chi connectivity index (χ2v) is 8.90. The van der Waals surface area contributed by atoms with Crippen molar-refractivity contribution in [2.24, 2.45) is 0 Å². The summed E-state index contributed by atoms with van der Waals surface area (Å²) in [6, 6.07) is 4.09. The van der Waals surface area contributed by atoms with Gasteiger partial charge in [-0.1, -0.05) is 25.3 Å². The van der Waals surface area contributed by atoms with Gasteiger partial charge in [-0.2, -0.15) is 0 Å². The maximum atomic E-state index is 11.1. The molecule has 0 amide bonds. The number of piperidine rings is 1. The van der Waals surface area contributed by atoms with Gasteiger partial charge in [0.2, 0.25) is 0 Å². The summed E-state index contributed by atoms with van der Waals surface area (Å²) in [6.07, 6.45) is 4.63. The van der Waals surface area contributed by atoms with Crippen LogP contribution in [0.2, 0.25) is 0 Å². The fraction of sp³-hybridized carbons (Fsp3) is 0.727. The van der Waals surface area contributed by atoms with E-state index >= 15 is 0 Å². The first-order valence-electron chi connectivity index (χ1n) is 10.3. The maximum absolute atomic E-state index is 11.1. The molecule has 5 nitrogen and oxygen atoms in total. The van der Waals surface area contributed by atoms with E-state index in [1.54, 1.807) is 0 Å². The summed E-state index contributed by atoms with van der Waals surface area (Å²) in [5.41, 5.74) is 1.34. The third-order valence-corrected chi connectivity index (χ3v) is 6.38. The number of hydrogen-bond donors (Lipinski definition) is 3. The summed E-state index contributed by atoms with van der Waals surface area (Å²) >= 11 is 0. The van der Waals surface area contributed by atoms with Crippen LogP contribution in [0.5, 0.6) is 5.75 Å². The van der Waals surface area contributed by atoms with Crippen molar-refractivity contribution in [3.63, 3.8) is 0 Å². The minimum Gasteiger partial charge on any atom is -0.490 e. The van der Waals surface area contributed by atoms with Crippen molar-refractivity contribution in [3.8, 4) is 5.75 Å². The van der Waals surface area contributed by atoms with Crippen LogP contribution in [0.1, 0.15) is 55.2 Å². The molecule has 3 rings (SSSR count). The minimum atomic E-state index is -1.33. The fourth-order valence-electron chi connectivity index (χ4n) is 4.56. The van der Waals surface area contributed by atoms with E-state index in [2.05, 4.69) is 11.0 Å². The first kappa shape index (κ1) is 20.6. The van der Waals surface area contributed by atoms with Gasteiger partial charge in [-0.3, -0.25) is 4.90 Å². The molecule has 1 aliphatic heterocycles. The molecule has 5 heteroatoms. The highest BCUT2D eigenvalue weighted by Crippen LogP contribution is 2.32. The molecule has 2 fully saturated rings. The Balaban J connectivity index is 1.66. The fourth-order valence-corrected chi connectivity index (χ4v) is 4.56. The van der Waals surface area contributed by atoms with Gasteiger partial charge < -0.3 is 20.1 Å². The van der Waals surface area contributed by atoms with E-state index in [9.17, 15) is 15.3 Å². The molecule has 3 N–H and O–H groups in total. The monoisotopic (exact) mass is 377 g/mol.